The van der Waals surface area contributed by atoms with E-state index in [4.69, 9.17) is 15.2 Å². The summed E-state index contributed by atoms with van der Waals surface area (Å²) in [6, 6.07) is 2.53. The molecule has 1 aromatic heterocycles. The fourth-order valence-corrected chi connectivity index (χ4v) is 4.92. The Morgan fingerprint density at radius 2 is 2.00 bits per heavy atom. The van der Waals surface area contributed by atoms with E-state index in [0.29, 0.717) is 0 Å². The molecule has 0 amide bonds. The average molecular weight is 536 g/mol. The first-order valence-electron chi connectivity index (χ1n) is 9.36. The van der Waals surface area contributed by atoms with Crippen molar-refractivity contribution >= 4 is 33.4 Å². The second-order valence-electron chi connectivity index (χ2n) is 6.92. The van der Waals surface area contributed by atoms with Crippen molar-refractivity contribution in [1.29, 1.82) is 0 Å². The van der Waals surface area contributed by atoms with Crippen molar-refractivity contribution in [3.8, 4) is 0 Å². The standard InChI is InChI=1S/C20H21BrF3N3O4S/c1-30-19-17(27-7-14(25)9-2-12(22)16(24)13(23)3-9)18(29)15(8-28)31-20(19)32-11-4-10(21)5-26-6-11/h2-7,15,17-20,27-29H,8,25H2,1H3/b14-7-. The van der Waals surface area contributed by atoms with E-state index in [1.165, 1.54) is 25.1 Å². The van der Waals surface area contributed by atoms with Crippen molar-refractivity contribution in [3.63, 3.8) is 0 Å². The van der Waals surface area contributed by atoms with E-state index in [2.05, 4.69) is 26.2 Å². The molecule has 2 heterocycles. The summed E-state index contributed by atoms with van der Waals surface area (Å²) in [4.78, 5) is 4.85. The van der Waals surface area contributed by atoms with E-state index >= 15 is 0 Å². The number of hydrogen-bond donors (Lipinski definition) is 4. The smallest absolute Gasteiger partial charge is 0.194 e. The topological polar surface area (TPSA) is 110 Å². The predicted octanol–water partition coefficient (Wildman–Crippen LogP) is 2.36. The molecular weight excluding hydrogens is 515 g/mol. The first-order valence-corrected chi connectivity index (χ1v) is 11.0. The summed E-state index contributed by atoms with van der Waals surface area (Å²) < 4.78 is 52.4. The Morgan fingerprint density at radius 1 is 1.31 bits per heavy atom. The van der Waals surface area contributed by atoms with Crippen molar-refractivity contribution in [1.82, 2.24) is 10.3 Å². The van der Waals surface area contributed by atoms with Crippen LogP contribution in [0.2, 0.25) is 0 Å². The fraction of sp³-hybridized carbons (Fsp3) is 0.350. The minimum Gasteiger partial charge on any atom is -0.397 e. The Kier molecular flexibility index (Phi) is 8.42. The molecule has 0 saturated carbocycles. The van der Waals surface area contributed by atoms with Crippen molar-refractivity contribution in [3.05, 3.63) is 64.3 Å². The molecule has 1 aliphatic rings. The van der Waals surface area contributed by atoms with Crippen molar-refractivity contribution in [2.24, 2.45) is 5.73 Å². The number of nitrogens with one attached hydrogen (secondary N) is 1. The number of nitrogens with two attached hydrogens (primary N) is 1. The minimum absolute atomic E-state index is 0.0886. The van der Waals surface area contributed by atoms with Gasteiger partial charge in [-0.25, -0.2) is 13.2 Å². The van der Waals surface area contributed by atoms with Crippen LogP contribution in [0.1, 0.15) is 5.56 Å². The highest BCUT2D eigenvalue weighted by Crippen LogP contribution is 2.35. The molecule has 5 N–H and O–H groups in total. The van der Waals surface area contributed by atoms with E-state index in [1.54, 1.807) is 12.4 Å². The van der Waals surface area contributed by atoms with Crippen molar-refractivity contribution in [2.75, 3.05) is 13.7 Å². The number of ether oxygens (including phenoxy) is 2. The monoisotopic (exact) mass is 535 g/mol. The van der Waals surface area contributed by atoms with E-state index in [0.717, 1.165) is 21.5 Å². The van der Waals surface area contributed by atoms with Crippen molar-refractivity contribution in [2.45, 2.75) is 34.7 Å². The number of aliphatic hydroxyl groups excluding tert-OH is 2. The lowest BCUT2D eigenvalue weighted by molar-refractivity contribution is -0.172. The lowest BCUT2D eigenvalue weighted by atomic mass is 9.97. The third-order valence-corrected chi connectivity index (χ3v) is 6.35. The summed E-state index contributed by atoms with van der Waals surface area (Å²) in [6.45, 7) is -0.461. The van der Waals surface area contributed by atoms with E-state index in [-0.39, 0.29) is 11.3 Å². The van der Waals surface area contributed by atoms with E-state index in [9.17, 15) is 23.4 Å². The number of aliphatic hydroxyl groups is 2. The second kappa shape index (κ2) is 10.9. The van der Waals surface area contributed by atoms with Gasteiger partial charge in [-0.15, -0.1) is 0 Å². The molecule has 1 fully saturated rings. The number of hydrogen-bond acceptors (Lipinski definition) is 8. The molecule has 3 rings (SSSR count). The van der Waals surface area contributed by atoms with Crippen LogP contribution in [0.25, 0.3) is 5.70 Å². The summed E-state index contributed by atoms with van der Waals surface area (Å²) in [5, 5.41) is 23.2. The highest BCUT2D eigenvalue weighted by molar-refractivity contribution is 9.10. The average Bonchev–Trinajstić information content (AvgIpc) is 2.76. The SMILES string of the molecule is COC1C(Sc2cncc(Br)c2)OC(CO)C(O)C1N/C=C(\N)c1cc(F)c(F)c(F)c1. The lowest BCUT2D eigenvalue weighted by Gasteiger charge is -2.43. The number of halogens is 4. The summed E-state index contributed by atoms with van der Waals surface area (Å²) in [6.07, 6.45) is 1.62. The quantitative estimate of drug-likeness (QED) is 0.400. The predicted molar refractivity (Wildman–Crippen MR) is 116 cm³/mol. The molecule has 32 heavy (non-hydrogen) atoms. The zero-order valence-corrected chi connectivity index (χ0v) is 19.1. The van der Waals surface area contributed by atoms with Gasteiger partial charge in [0.2, 0.25) is 0 Å². The van der Waals surface area contributed by atoms with Crippen molar-refractivity contribution < 1.29 is 32.9 Å². The van der Waals surface area contributed by atoms with Crippen LogP contribution in [-0.4, -0.2) is 58.7 Å². The number of methoxy groups -OCH3 is 1. The summed E-state index contributed by atoms with van der Waals surface area (Å²) in [5.41, 5.74) is 5.06. The number of rotatable bonds is 7. The molecular formula is C20H21BrF3N3O4S. The van der Waals surface area contributed by atoms with Gasteiger partial charge in [-0.3, -0.25) is 4.98 Å². The summed E-state index contributed by atoms with van der Waals surface area (Å²) in [5.74, 6) is -4.35. The molecule has 12 heteroatoms. The van der Waals surface area contributed by atoms with Crippen LogP contribution >= 0.6 is 27.7 Å². The molecule has 1 aromatic carbocycles. The highest BCUT2D eigenvalue weighted by Gasteiger charge is 2.45. The van der Waals surface area contributed by atoms with Crippen LogP contribution in [0.5, 0.6) is 0 Å². The van der Waals surface area contributed by atoms with Crippen LogP contribution < -0.4 is 11.1 Å². The van der Waals surface area contributed by atoms with Gasteiger partial charge in [-0.1, -0.05) is 11.8 Å². The maximum Gasteiger partial charge on any atom is 0.194 e. The zero-order valence-electron chi connectivity index (χ0n) is 16.7. The third kappa shape index (κ3) is 5.56. The molecule has 5 atom stereocenters. The fourth-order valence-electron chi connectivity index (χ4n) is 3.20. The molecule has 0 aliphatic carbocycles. The first kappa shape index (κ1) is 24.8. The molecule has 0 radical (unpaired) electrons. The van der Waals surface area contributed by atoms with Crippen LogP contribution in [0.4, 0.5) is 13.2 Å². The molecule has 0 bridgehead atoms. The maximum absolute atomic E-state index is 13.5. The van der Waals surface area contributed by atoms with Gasteiger partial charge >= 0.3 is 0 Å². The van der Waals surface area contributed by atoms with Gasteiger partial charge in [0.15, 0.2) is 17.5 Å². The summed E-state index contributed by atoms with van der Waals surface area (Å²) in [7, 11) is 1.43. The van der Waals surface area contributed by atoms with Gasteiger partial charge < -0.3 is 30.7 Å². The van der Waals surface area contributed by atoms with Crippen LogP contribution in [0.15, 0.2) is 46.2 Å². The molecule has 0 spiro atoms. The third-order valence-electron chi connectivity index (χ3n) is 4.81. The largest absolute Gasteiger partial charge is 0.397 e. The Bertz CT molecular complexity index is 964. The minimum atomic E-state index is -1.60. The molecule has 2 aromatic rings. The van der Waals surface area contributed by atoms with Gasteiger partial charge in [-0.2, -0.15) is 0 Å². The van der Waals surface area contributed by atoms with Gasteiger partial charge in [0.25, 0.3) is 0 Å². The maximum atomic E-state index is 13.5. The Balaban J connectivity index is 1.84. The van der Waals surface area contributed by atoms with Gasteiger partial charge in [0.1, 0.15) is 23.7 Å². The van der Waals surface area contributed by atoms with Crippen LogP contribution in [-0.2, 0) is 9.47 Å². The number of benzene rings is 1. The first-order chi connectivity index (χ1) is 15.2. The second-order valence-corrected chi connectivity index (χ2v) is 9.01. The number of thioether (sulfide) groups is 1. The van der Waals surface area contributed by atoms with Gasteiger partial charge in [-0.05, 0) is 34.1 Å². The van der Waals surface area contributed by atoms with Gasteiger partial charge in [0.05, 0.1) is 18.3 Å². The Morgan fingerprint density at radius 3 is 2.59 bits per heavy atom. The molecule has 1 aliphatic heterocycles. The highest BCUT2D eigenvalue weighted by atomic mass is 79.9. The molecule has 1 saturated heterocycles. The summed E-state index contributed by atoms with van der Waals surface area (Å²) >= 11 is 4.62. The van der Waals surface area contributed by atoms with Crippen LogP contribution in [0, 0.1) is 17.5 Å². The molecule has 5 unspecified atom stereocenters. The lowest BCUT2D eigenvalue weighted by Crippen LogP contribution is -2.62. The van der Waals surface area contributed by atoms with Crippen LogP contribution in [0.3, 0.4) is 0 Å². The van der Waals surface area contributed by atoms with E-state index in [1.807, 2.05) is 6.07 Å². The normalized spacial score (nSPS) is 26.2. The number of nitrogens with zero attached hydrogens (tertiary/aromatic N) is 1. The van der Waals surface area contributed by atoms with E-state index < -0.39 is 53.8 Å². The van der Waals surface area contributed by atoms with Gasteiger partial charge in [0, 0.05) is 40.6 Å². The molecule has 174 valence electrons. The Labute approximate surface area is 194 Å². The number of aromatic nitrogens is 1. The Hall–Kier alpha value is -1.83. The number of pyridine rings is 1. The zero-order chi connectivity index (χ0) is 23.4. The molecule has 7 nitrogen and oxygen atoms in total.